The molecule has 1 aliphatic rings. The first kappa shape index (κ1) is 17.9. The highest BCUT2D eigenvalue weighted by atomic mass is 19.1. The Morgan fingerprint density at radius 3 is 2.77 bits per heavy atom. The normalized spacial score (nSPS) is 21.7. The van der Waals surface area contributed by atoms with Crippen LogP contribution in [0.5, 0.6) is 5.75 Å². The monoisotopic (exact) mass is 361 g/mol. The molecule has 0 radical (unpaired) electrons. The Morgan fingerprint density at radius 2 is 2.12 bits per heavy atom. The molecule has 0 saturated heterocycles. The minimum absolute atomic E-state index is 0.0813. The van der Waals surface area contributed by atoms with Crippen molar-refractivity contribution in [2.24, 2.45) is 5.92 Å². The molecule has 1 amide bonds. The molecule has 0 unspecified atom stereocenters. The molecule has 0 aliphatic heterocycles. The molecule has 3 rings (SSSR count). The Hall–Kier alpha value is -2.90. The van der Waals surface area contributed by atoms with Crippen LogP contribution in [0.25, 0.3) is 5.69 Å². The Morgan fingerprint density at radius 1 is 1.42 bits per heavy atom. The van der Waals surface area contributed by atoms with Crippen molar-refractivity contribution in [3.63, 3.8) is 0 Å². The minimum atomic E-state index is -1.66. The van der Waals surface area contributed by atoms with Crippen molar-refractivity contribution in [3.8, 4) is 11.4 Å². The third kappa shape index (κ3) is 3.26. The van der Waals surface area contributed by atoms with E-state index < -0.39 is 23.5 Å². The zero-order chi connectivity index (χ0) is 18.9. The molecule has 1 saturated carbocycles. The van der Waals surface area contributed by atoms with E-state index in [9.17, 15) is 14.0 Å². The topological polar surface area (TPSA) is 93.5 Å². The summed E-state index contributed by atoms with van der Waals surface area (Å²) in [6.07, 6.45) is 1.26. The highest BCUT2D eigenvalue weighted by Gasteiger charge is 2.48. The molecule has 0 spiro atoms. The molecule has 2 aromatic rings. The number of nitrogens with zero attached hydrogens (tertiary/aromatic N) is 2. The molecule has 2 N–H and O–H groups in total. The van der Waals surface area contributed by atoms with Crippen molar-refractivity contribution in [2.75, 3.05) is 13.7 Å². The number of hydrogen-bond donors (Lipinski definition) is 2. The minimum Gasteiger partial charge on any atom is -0.494 e. The molecule has 1 aromatic heterocycles. The van der Waals surface area contributed by atoms with Gasteiger partial charge in [-0.15, -0.1) is 0 Å². The van der Waals surface area contributed by atoms with Crippen LogP contribution in [0.3, 0.4) is 0 Å². The molecular formula is C18H20FN3O4. The number of aliphatic carboxylic acids is 1. The number of rotatable bonds is 6. The Labute approximate surface area is 149 Å². The first-order valence-corrected chi connectivity index (χ1v) is 8.22. The van der Waals surface area contributed by atoms with E-state index in [1.54, 1.807) is 24.8 Å². The molecule has 138 valence electrons. The van der Waals surface area contributed by atoms with Crippen LogP contribution in [0.1, 0.15) is 28.9 Å². The number of ether oxygens (including phenoxy) is 1. The van der Waals surface area contributed by atoms with Crippen LogP contribution in [0.4, 0.5) is 4.39 Å². The maximum atomic E-state index is 14.3. The van der Waals surface area contributed by atoms with Gasteiger partial charge in [0.25, 0.3) is 5.91 Å². The summed E-state index contributed by atoms with van der Waals surface area (Å²) in [6.45, 7) is 1.53. The maximum absolute atomic E-state index is 14.3. The smallest absolute Gasteiger partial charge is 0.306 e. The standard InChI is InChI=1S/C18H20FN3O4/c1-11-13(9-21-22(11)14-5-3-4-6-15(14)26-2)16(23)20-10-18(19)7-12(8-18)17(24)25/h3-6,9,12H,7-8,10H2,1-2H3,(H,20,23)(H,24,25). The lowest BCUT2D eigenvalue weighted by Crippen LogP contribution is -2.51. The summed E-state index contributed by atoms with van der Waals surface area (Å²) in [5, 5.41) is 15.6. The highest BCUT2D eigenvalue weighted by molar-refractivity contribution is 5.95. The van der Waals surface area contributed by atoms with Gasteiger partial charge in [0.15, 0.2) is 0 Å². The van der Waals surface area contributed by atoms with E-state index in [4.69, 9.17) is 9.84 Å². The second-order valence-electron chi connectivity index (χ2n) is 6.50. The van der Waals surface area contributed by atoms with E-state index in [2.05, 4.69) is 10.4 Å². The molecular weight excluding hydrogens is 341 g/mol. The summed E-state index contributed by atoms with van der Waals surface area (Å²) < 4.78 is 21.2. The number of halogens is 1. The van der Waals surface area contributed by atoms with Crippen molar-refractivity contribution in [3.05, 3.63) is 41.7 Å². The lowest BCUT2D eigenvalue weighted by molar-refractivity contribution is -0.151. The fraction of sp³-hybridized carbons (Fsp3) is 0.389. The summed E-state index contributed by atoms with van der Waals surface area (Å²) in [5.41, 5.74) is -0.0482. The first-order chi connectivity index (χ1) is 12.3. The number of alkyl halides is 1. The van der Waals surface area contributed by atoms with Gasteiger partial charge in [-0.2, -0.15) is 5.10 Å². The number of benzene rings is 1. The van der Waals surface area contributed by atoms with Crippen molar-refractivity contribution in [2.45, 2.75) is 25.4 Å². The Balaban J connectivity index is 1.70. The second-order valence-corrected chi connectivity index (χ2v) is 6.50. The van der Waals surface area contributed by atoms with Crippen molar-refractivity contribution in [1.82, 2.24) is 15.1 Å². The van der Waals surface area contributed by atoms with Crippen LogP contribution in [-0.2, 0) is 4.79 Å². The predicted molar refractivity (Wildman–Crippen MR) is 91.4 cm³/mol. The molecule has 7 nitrogen and oxygen atoms in total. The Kier molecular flexibility index (Phi) is 4.67. The molecule has 1 heterocycles. The number of hydrogen-bond acceptors (Lipinski definition) is 4. The van der Waals surface area contributed by atoms with E-state index in [0.717, 1.165) is 0 Å². The van der Waals surface area contributed by atoms with E-state index >= 15 is 0 Å². The number of carbonyl (C=O) groups excluding carboxylic acids is 1. The zero-order valence-electron chi connectivity index (χ0n) is 14.5. The molecule has 1 aromatic carbocycles. The van der Waals surface area contributed by atoms with Gasteiger partial charge in [-0.05, 0) is 31.9 Å². The van der Waals surface area contributed by atoms with Gasteiger partial charge in [-0.3, -0.25) is 9.59 Å². The average Bonchev–Trinajstić information content (AvgIpc) is 2.98. The number of aromatic nitrogens is 2. The number of methoxy groups -OCH3 is 1. The quantitative estimate of drug-likeness (QED) is 0.822. The molecule has 26 heavy (non-hydrogen) atoms. The van der Waals surface area contributed by atoms with E-state index in [-0.39, 0.29) is 19.4 Å². The fourth-order valence-electron chi connectivity index (χ4n) is 3.16. The van der Waals surface area contributed by atoms with Gasteiger partial charge < -0.3 is 15.2 Å². The van der Waals surface area contributed by atoms with E-state index in [1.807, 2.05) is 18.2 Å². The third-order valence-corrected chi connectivity index (χ3v) is 4.71. The predicted octanol–water partition coefficient (Wildman–Crippen LogP) is 2.12. The summed E-state index contributed by atoms with van der Waals surface area (Å²) in [7, 11) is 1.55. The van der Waals surface area contributed by atoms with Crippen molar-refractivity contribution < 1.29 is 23.8 Å². The number of carboxylic acid groups (broad SMARTS) is 1. The number of para-hydroxylation sites is 2. The summed E-state index contributed by atoms with van der Waals surface area (Å²) >= 11 is 0. The molecule has 1 aliphatic carbocycles. The SMILES string of the molecule is COc1ccccc1-n1ncc(C(=O)NCC2(F)CC(C(=O)O)C2)c1C. The lowest BCUT2D eigenvalue weighted by atomic mass is 9.72. The third-order valence-electron chi connectivity index (χ3n) is 4.71. The van der Waals surface area contributed by atoms with Crippen LogP contribution in [-0.4, -0.2) is 46.1 Å². The van der Waals surface area contributed by atoms with Gasteiger partial charge in [-0.25, -0.2) is 9.07 Å². The Bertz CT molecular complexity index is 843. The van der Waals surface area contributed by atoms with E-state index in [0.29, 0.717) is 22.7 Å². The summed E-state index contributed by atoms with van der Waals surface area (Å²) in [6, 6.07) is 7.27. The second kappa shape index (κ2) is 6.78. The largest absolute Gasteiger partial charge is 0.494 e. The molecule has 1 fully saturated rings. The van der Waals surface area contributed by atoms with Gasteiger partial charge in [0.05, 0.1) is 37.0 Å². The molecule has 0 atom stereocenters. The first-order valence-electron chi connectivity index (χ1n) is 8.22. The van der Waals surface area contributed by atoms with Crippen molar-refractivity contribution in [1.29, 1.82) is 0 Å². The average molecular weight is 361 g/mol. The van der Waals surface area contributed by atoms with Gasteiger partial charge in [0, 0.05) is 0 Å². The summed E-state index contributed by atoms with van der Waals surface area (Å²) in [4.78, 5) is 23.2. The fourth-order valence-corrected chi connectivity index (χ4v) is 3.16. The van der Waals surface area contributed by atoms with Crippen LogP contribution >= 0.6 is 0 Å². The number of nitrogens with one attached hydrogen (secondary N) is 1. The molecule has 8 heteroatoms. The van der Waals surface area contributed by atoms with Gasteiger partial charge >= 0.3 is 5.97 Å². The van der Waals surface area contributed by atoms with Gasteiger partial charge in [0.1, 0.15) is 17.1 Å². The van der Waals surface area contributed by atoms with Gasteiger partial charge in [0.2, 0.25) is 0 Å². The number of amides is 1. The van der Waals surface area contributed by atoms with Crippen LogP contribution in [0.2, 0.25) is 0 Å². The summed E-state index contributed by atoms with van der Waals surface area (Å²) in [5.74, 6) is -1.51. The highest BCUT2D eigenvalue weighted by Crippen LogP contribution is 2.40. The van der Waals surface area contributed by atoms with Crippen LogP contribution < -0.4 is 10.1 Å². The van der Waals surface area contributed by atoms with E-state index in [1.165, 1.54) is 6.20 Å². The number of carbonyl (C=O) groups is 2. The maximum Gasteiger partial charge on any atom is 0.306 e. The number of carboxylic acids is 1. The lowest BCUT2D eigenvalue weighted by Gasteiger charge is -2.38. The van der Waals surface area contributed by atoms with Gasteiger partial charge in [-0.1, -0.05) is 12.1 Å². The van der Waals surface area contributed by atoms with Crippen LogP contribution in [0.15, 0.2) is 30.5 Å². The van der Waals surface area contributed by atoms with Crippen LogP contribution in [0, 0.1) is 12.8 Å². The van der Waals surface area contributed by atoms with Crippen molar-refractivity contribution >= 4 is 11.9 Å². The molecule has 0 bridgehead atoms. The zero-order valence-corrected chi connectivity index (χ0v) is 14.5.